The van der Waals surface area contributed by atoms with Crippen LogP contribution in [0.2, 0.25) is 5.02 Å². The molecule has 0 unspecified atom stereocenters. The normalized spacial score (nSPS) is 14.4. The molecule has 2 aromatic rings. The Morgan fingerprint density at radius 2 is 1.91 bits per heavy atom. The number of aromatic nitrogens is 2. The SMILES string of the molecule is CCCCN(CC(=O)Nc1cc(C(C)(C)C)nn1-c1ccccc1Cl)C(=O)CCC1CCCC1. The molecule has 1 saturated carbocycles. The van der Waals surface area contributed by atoms with Gasteiger partial charge in [0, 0.05) is 24.4 Å². The summed E-state index contributed by atoms with van der Waals surface area (Å²) in [5.74, 6) is 1.06. The number of unbranched alkanes of at least 4 members (excludes halogenated alkanes) is 1. The second-order valence-corrected chi connectivity index (χ2v) is 10.8. The van der Waals surface area contributed by atoms with E-state index < -0.39 is 0 Å². The molecule has 0 aliphatic heterocycles. The molecular formula is C27H39ClN4O2. The number of anilines is 1. The van der Waals surface area contributed by atoms with E-state index in [9.17, 15) is 9.59 Å². The quantitative estimate of drug-likeness (QED) is 0.424. The van der Waals surface area contributed by atoms with Crippen LogP contribution in [0.4, 0.5) is 5.82 Å². The Bertz CT molecular complexity index is 973. The summed E-state index contributed by atoms with van der Waals surface area (Å²) in [4.78, 5) is 27.8. The first-order valence-electron chi connectivity index (χ1n) is 12.6. The molecule has 1 aliphatic rings. The topological polar surface area (TPSA) is 67.2 Å². The van der Waals surface area contributed by atoms with E-state index >= 15 is 0 Å². The number of carbonyl (C=O) groups excluding carboxylic acids is 2. The van der Waals surface area contributed by atoms with Crippen LogP contribution in [0.5, 0.6) is 0 Å². The predicted octanol–water partition coefficient (Wildman–Crippen LogP) is 6.36. The van der Waals surface area contributed by atoms with E-state index in [1.807, 2.05) is 24.3 Å². The van der Waals surface area contributed by atoms with Crippen molar-refractivity contribution in [2.45, 2.75) is 84.5 Å². The van der Waals surface area contributed by atoms with E-state index in [-0.39, 0.29) is 23.8 Å². The molecule has 186 valence electrons. The first-order chi connectivity index (χ1) is 16.2. The maximum atomic E-state index is 13.1. The van der Waals surface area contributed by atoms with Gasteiger partial charge in [-0.15, -0.1) is 0 Å². The van der Waals surface area contributed by atoms with Crippen LogP contribution < -0.4 is 5.32 Å². The molecule has 6 nitrogen and oxygen atoms in total. The summed E-state index contributed by atoms with van der Waals surface area (Å²) < 4.78 is 1.68. The van der Waals surface area contributed by atoms with Gasteiger partial charge in [0.2, 0.25) is 11.8 Å². The third kappa shape index (κ3) is 7.08. The summed E-state index contributed by atoms with van der Waals surface area (Å²) in [5, 5.41) is 8.29. The molecule has 7 heteroatoms. The summed E-state index contributed by atoms with van der Waals surface area (Å²) in [7, 11) is 0. The minimum absolute atomic E-state index is 0.0437. The highest BCUT2D eigenvalue weighted by atomic mass is 35.5. The van der Waals surface area contributed by atoms with Gasteiger partial charge in [-0.3, -0.25) is 9.59 Å². The average Bonchev–Trinajstić information content (AvgIpc) is 3.45. The number of hydrogen-bond donors (Lipinski definition) is 1. The molecule has 0 saturated heterocycles. The number of rotatable bonds is 10. The molecule has 2 amide bonds. The number of hydrogen-bond acceptors (Lipinski definition) is 3. The molecule has 1 aromatic heterocycles. The highest BCUT2D eigenvalue weighted by Crippen LogP contribution is 2.30. The fourth-order valence-corrected chi connectivity index (χ4v) is 4.64. The zero-order chi connectivity index (χ0) is 24.7. The molecule has 1 fully saturated rings. The van der Waals surface area contributed by atoms with Gasteiger partial charge in [0.15, 0.2) is 0 Å². The van der Waals surface area contributed by atoms with Crippen molar-refractivity contribution in [2.24, 2.45) is 5.92 Å². The molecule has 0 atom stereocenters. The largest absolute Gasteiger partial charge is 0.333 e. The van der Waals surface area contributed by atoms with Gasteiger partial charge >= 0.3 is 0 Å². The van der Waals surface area contributed by atoms with Crippen molar-refractivity contribution >= 4 is 29.2 Å². The van der Waals surface area contributed by atoms with Crippen LogP contribution in [0.15, 0.2) is 30.3 Å². The number of nitrogens with zero attached hydrogens (tertiary/aromatic N) is 3. The summed E-state index contributed by atoms with van der Waals surface area (Å²) in [6.07, 6.45) is 8.31. The monoisotopic (exact) mass is 486 g/mol. The molecule has 1 heterocycles. The van der Waals surface area contributed by atoms with Crippen molar-refractivity contribution in [3.05, 3.63) is 41.0 Å². The van der Waals surface area contributed by atoms with Crippen LogP contribution in [0, 0.1) is 5.92 Å². The van der Waals surface area contributed by atoms with E-state index in [1.54, 1.807) is 15.6 Å². The fourth-order valence-electron chi connectivity index (χ4n) is 4.43. The van der Waals surface area contributed by atoms with Crippen LogP contribution in [0.25, 0.3) is 5.69 Å². The van der Waals surface area contributed by atoms with Crippen molar-refractivity contribution in [3.8, 4) is 5.69 Å². The van der Waals surface area contributed by atoms with Crippen LogP contribution in [0.3, 0.4) is 0 Å². The van der Waals surface area contributed by atoms with Gasteiger partial charge in [0.05, 0.1) is 22.9 Å². The third-order valence-corrected chi connectivity index (χ3v) is 6.86. The number of para-hydroxylation sites is 1. The van der Waals surface area contributed by atoms with Crippen LogP contribution in [0.1, 0.15) is 84.8 Å². The van der Waals surface area contributed by atoms with Gasteiger partial charge in [-0.1, -0.05) is 83.5 Å². The van der Waals surface area contributed by atoms with Gasteiger partial charge in [0.1, 0.15) is 5.82 Å². The Balaban J connectivity index is 1.74. The smallest absolute Gasteiger partial charge is 0.245 e. The Morgan fingerprint density at radius 3 is 2.56 bits per heavy atom. The minimum Gasteiger partial charge on any atom is -0.333 e. The number of benzene rings is 1. The van der Waals surface area contributed by atoms with E-state index in [4.69, 9.17) is 16.7 Å². The molecule has 1 aromatic carbocycles. The van der Waals surface area contributed by atoms with E-state index in [0.717, 1.165) is 25.0 Å². The highest BCUT2D eigenvalue weighted by Gasteiger charge is 2.24. The Morgan fingerprint density at radius 1 is 1.21 bits per heavy atom. The van der Waals surface area contributed by atoms with E-state index in [1.165, 1.54) is 25.7 Å². The molecule has 1 aliphatic carbocycles. The van der Waals surface area contributed by atoms with Crippen molar-refractivity contribution in [1.29, 1.82) is 0 Å². The lowest BCUT2D eigenvalue weighted by Crippen LogP contribution is -2.39. The fraction of sp³-hybridized carbons (Fsp3) is 0.593. The molecule has 0 spiro atoms. The van der Waals surface area contributed by atoms with Crippen molar-refractivity contribution in [3.63, 3.8) is 0 Å². The summed E-state index contributed by atoms with van der Waals surface area (Å²) in [6, 6.07) is 9.31. The van der Waals surface area contributed by atoms with Gasteiger partial charge in [-0.25, -0.2) is 4.68 Å². The predicted molar refractivity (Wildman–Crippen MR) is 139 cm³/mol. The zero-order valence-corrected chi connectivity index (χ0v) is 21.8. The van der Waals surface area contributed by atoms with Crippen molar-refractivity contribution in [2.75, 3.05) is 18.4 Å². The third-order valence-electron chi connectivity index (χ3n) is 6.54. The van der Waals surface area contributed by atoms with Gasteiger partial charge < -0.3 is 10.2 Å². The Labute approximate surface area is 209 Å². The first kappa shape index (κ1) is 26.3. The van der Waals surface area contributed by atoms with E-state index in [0.29, 0.717) is 35.4 Å². The Hall–Kier alpha value is -2.34. The number of carbonyl (C=O) groups is 2. The van der Waals surface area contributed by atoms with Crippen LogP contribution in [-0.2, 0) is 15.0 Å². The second kappa shape index (κ2) is 11.9. The van der Waals surface area contributed by atoms with Gasteiger partial charge in [0.25, 0.3) is 0 Å². The Kier molecular flexibility index (Phi) is 9.17. The number of nitrogens with one attached hydrogen (secondary N) is 1. The van der Waals surface area contributed by atoms with Gasteiger partial charge in [-0.05, 0) is 30.9 Å². The van der Waals surface area contributed by atoms with Crippen molar-refractivity contribution in [1.82, 2.24) is 14.7 Å². The zero-order valence-electron chi connectivity index (χ0n) is 21.1. The molecule has 3 rings (SSSR count). The highest BCUT2D eigenvalue weighted by molar-refractivity contribution is 6.32. The van der Waals surface area contributed by atoms with Gasteiger partial charge in [-0.2, -0.15) is 5.10 Å². The standard InChI is InChI=1S/C27H39ClN4O2/c1-5-6-17-31(26(34)16-15-20-11-7-8-12-20)19-25(33)29-24-18-23(27(2,3)4)30-32(24)22-14-10-9-13-21(22)28/h9-10,13-14,18,20H,5-8,11-12,15-17,19H2,1-4H3,(H,29,33). The lowest BCUT2D eigenvalue weighted by Gasteiger charge is -2.23. The summed E-state index contributed by atoms with van der Waals surface area (Å²) in [5.41, 5.74) is 1.35. The average molecular weight is 487 g/mol. The first-order valence-corrected chi connectivity index (χ1v) is 13.0. The minimum atomic E-state index is -0.223. The molecule has 34 heavy (non-hydrogen) atoms. The van der Waals surface area contributed by atoms with Crippen molar-refractivity contribution < 1.29 is 9.59 Å². The summed E-state index contributed by atoms with van der Waals surface area (Å²) in [6.45, 7) is 8.97. The van der Waals surface area contributed by atoms with Crippen LogP contribution >= 0.6 is 11.6 Å². The number of halogens is 1. The molecular weight excluding hydrogens is 448 g/mol. The lowest BCUT2D eigenvalue weighted by atomic mass is 9.92. The van der Waals surface area contributed by atoms with Crippen LogP contribution in [-0.4, -0.2) is 39.6 Å². The maximum absolute atomic E-state index is 13.1. The second-order valence-electron chi connectivity index (χ2n) is 10.4. The maximum Gasteiger partial charge on any atom is 0.245 e. The molecule has 0 bridgehead atoms. The van der Waals surface area contributed by atoms with E-state index in [2.05, 4.69) is 33.0 Å². The lowest BCUT2D eigenvalue weighted by molar-refractivity contribution is -0.135. The molecule has 0 radical (unpaired) electrons. The summed E-state index contributed by atoms with van der Waals surface area (Å²) >= 11 is 6.44. The number of amides is 2. The molecule has 1 N–H and O–H groups in total.